The predicted molar refractivity (Wildman–Crippen MR) is 77.9 cm³/mol. The molecule has 0 N–H and O–H groups in total. The van der Waals surface area contributed by atoms with Gasteiger partial charge in [0, 0.05) is 5.56 Å². The Hall–Kier alpha value is -2.87. The molecule has 2 aromatic rings. The number of hydrogen-bond acceptors (Lipinski definition) is 5. The molecule has 0 amide bonds. The molecular formula is C16H14N2O3. The average molecular weight is 282 g/mol. The summed E-state index contributed by atoms with van der Waals surface area (Å²) in [5.74, 6) is 1.22. The fraction of sp³-hybridized carbons (Fsp3) is 0.188. The maximum Gasteiger partial charge on any atom is 0.203 e. The van der Waals surface area contributed by atoms with E-state index in [9.17, 15) is 4.91 Å². The molecule has 2 rings (SSSR count). The summed E-state index contributed by atoms with van der Waals surface area (Å²) in [6, 6.07) is 15.2. The highest BCUT2D eigenvalue weighted by Crippen LogP contribution is 2.28. The number of nitroso groups, excluding NO2 is 1. The lowest BCUT2D eigenvalue weighted by Gasteiger charge is -2.13. The van der Waals surface area contributed by atoms with Crippen molar-refractivity contribution in [3.63, 3.8) is 0 Å². The topological polar surface area (TPSA) is 71.7 Å². The Morgan fingerprint density at radius 3 is 2.48 bits per heavy atom. The first-order chi connectivity index (χ1) is 10.3. The maximum absolute atomic E-state index is 10.7. The van der Waals surface area contributed by atoms with Gasteiger partial charge < -0.3 is 9.47 Å². The molecular weight excluding hydrogens is 268 g/mol. The lowest BCUT2D eigenvalue weighted by molar-refractivity contribution is 0.283. The van der Waals surface area contributed by atoms with Gasteiger partial charge in [-0.3, -0.25) is 0 Å². The van der Waals surface area contributed by atoms with Crippen molar-refractivity contribution in [1.82, 2.24) is 0 Å². The van der Waals surface area contributed by atoms with Crippen molar-refractivity contribution in [1.29, 1.82) is 5.26 Å². The zero-order chi connectivity index (χ0) is 15.1. The minimum atomic E-state index is -1.03. The SMILES string of the molecule is COc1ccccc1OCc1ccccc1C(C#N)N=O. The second-order valence-electron chi connectivity index (χ2n) is 4.28. The zero-order valence-corrected chi connectivity index (χ0v) is 11.5. The van der Waals surface area contributed by atoms with Crippen molar-refractivity contribution < 1.29 is 9.47 Å². The quantitative estimate of drug-likeness (QED) is 0.759. The van der Waals surface area contributed by atoms with Crippen LogP contribution in [0.3, 0.4) is 0 Å². The van der Waals surface area contributed by atoms with E-state index in [1.165, 1.54) is 0 Å². The Labute approximate surface area is 122 Å². The number of benzene rings is 2. The van der Waals surface area contributed by atoms with Crippen molar-refractivity contribution in [2.24, 2.45) is 5.18 Å². The summed E-state index contributed by atoms with van der Waals surface area (Å²) in [4.78, 5) is 10.7. The van der Waals surface area contributed by atoms with Gasteiger partial charge in [-0.15, -0.1) is 4.91 Å². The first-order valence-corrected chi connectivity index (χ1v) is 6.36. The Morgan fingerprint density at radius 2 is 1.81 bits per heavy atom. The zero-order valence-electron chi connectivity index (χ0n) is 11.5. The first kappa shape index (κ1) is 14.5. The van der Waals surface area contributed by atoms with Crippen molar-refractivity contribution in [3.8, 4) is 17.6 Å². The number of nitrogens with zero attached hydrogens (tertiary/aromatic N) is 2. The van der Waals surface area contributed by atoms with E-state index in [2.05, 4.69) is 5.18 Å². The molecule has 0 radical (unpaired) electrons. The van der Waals surface area contributed by atoms with Crippen LogP contribution in [0.5, 0.6) is 11.5 Å². The fourth-order valence-corrected chi connectivity index (χ4v) is 1.98. The van der Waals surface area contributed by atoms with Crippen LogP contribution in [-0.2, 0) is 6.61 Å². The molecule has 0 saturated heterocycles. The molecule has 106 valence electrons. The van der Waals surface area contributed by atoms with Crippen LogP contribution in [0, 0.1) is 16.2 Å². The van der Waals surface area contributed by atoms with E-state index in [1.807, 2.05) is 24.3 Å². The van der Waals surface area contributed by atoms with Crippen molar-refractivity contribution in [3.05, 3.63) is 64.6 Å². The van der Waals surface area contributed by atoms with E-state index in [-0.39, 0.29) is 6.61 Å². The molecule has 0 saturated carbocycles. The van der Waals surface area contributed by atoms with Crippen molar-refractivity contribution in [2.45, 2.75) is 12.6 Å². The van der Waals surface area contributed by atoms with Crippen LogP contribution < -0.4 is 9.47 Å². The van der Waals surface area contributed by atoms with Crippen LogP contribution in [0.4, 0.5) is 0 Å². The normalized spacial score (nSPS) is 11.2. The molecule has 1 unspecified atom stereocenters. The fourth-order valence-electron chi connectivity index (χ4n) is 1.98. The lowest BCUT2D eigenvalue weighted by atomic mass is 10.0. The van der Waals surface area contributed by atoms with Gasteiger partial charge in [-0.1, -0.05) is 36.4 Å². The third-order valence-electron chi connectivity index (χ3n) is 3.03. The van der Waals surface area contributed by atoms with Crippen LogP contribution in [0.2, 0.25) is 0 Å². The van der Waals surface area contributed by atoms with E-state index in [0.29, 0.717) is 17.1 Å². The third-order valence-corrected chi connectivity index (χ3v) is 3.03. The molecule has 0 bridgehead atoms. The van der Waals surface area contributed by atoms with E-state index >= 15 is 0 Å². The number of ether oxygens (including phenoxy) is 2. The largest absolute Gasteiger partial charge is 0.493 e. The van der Waals surface area contributed by atoms with Crippen LogP contribution in [-0.4, -0.2) is 7.11 Å². The predicted octanol–water partition coefficient (Wildman–Crippen LogP) is 3.61. The summed E-state index contributed by atoms with van der Waals surface area (Å²) in [5.41, 5.74) is 1.31. The first-order valence-electron chi connectivity index (χ1n) is 6.36. The number of hydrogen-bond donors (Lipinski definition) is 0. The monoisotopic (exact) mass is 282 g/mol. The van der Waals surface area contributed by atoms with E-state index in [4.69, 9.17) is 14.7 Å². The second kappa shape index (κ2) is 7.06. The van der Waals surface area contributed by atoms with Crippen molar-refractivity contribution >= 4 is 0 Å². The second-order valence-corrected chi connectivity index (χ2v) is 4.28. The highest BCUT2D eigenvalue weighted by molar-refractivity contribution is 5.40. The summed E-state index contributed by atoms with van der Waals surface area (Å²) < 4.78 is 10.9. The van der Waals surface area contributed by atoms with Crippen LogP contribution >= 0.6 is 0 Å². The number of para-hydroxylation sites is 2. The number of nitriles is 1. The Bertz CT molecular complexity index is 665. The molecule has 0 heterocycles. The molecule has 5 nitrogen and oxygen atoms in total. The van der Waals surface area contributed by atoms with Crippen LogP contribution in [0.25, 0.3) is 0 Å². The van der Waals surface area contributed by atoms with Crippen LogP contribution in [0.15, 0.2) is 53.7 Å². The number of rotatable bonds is 6. The van der Waals surface area contributed by atoms with Crippen LogP contribution in [0.1, 0.15) is 17.2 Å². The minimum absolute atomic E-state index is 0.226. The van der Waals surface area contributed by atoms with Gasteiger partial charge in [-0.05, 0) is 22.9 Å². The smallest absolute Gasteiger partial charge is 0.203 e. The lowest BCUT2D eigenvalue weighted by Crippen LogP contribution is -2.03. The van der Waals surface area contributed by atoms with E-state index < -0.39 is 6.04 Å². The van der Waals surface area contributed by atoms with Gasteiger partial charge in [0.2, 0.25) is 6.04 Å². The third kappa shape index (κ3) is 3.37. The molecule has 0 aliphatic carbocycles. The standard InChI is InChI=1S/C16H14N2O3/c1-20-15-8-4-5-9-16(15)21-11-12-6-2-3-7-13(12)14(10-17)18-19/h2-9,14H,11H2,1H3. The average Bonchev–Trinajstić information content (AvgIpc) is 2.55. The molecule has 0 aromatic heterocycles. The number of methoxy groups -OCH3 is 1. The van der Waals surface area contributed by atoms with Gasteiger partial charge in [-0.25, -0.2) is 0 Å². The Balaban J connectivity index is 2.21. The molecule has 1 atom stereocenters. The summed E-state index contributed by atoms with van der Waals surface area (Å²) in [7, 11) is 1.57. The highest BCUT2D eigenvalue weighted by atomic mass is 16.5. The van der Waals surface area contributed by atoms with Crippen molar-refractivity contribution in [2.75, 3.05) is 7.11 Å². The van der Waals surface area contributed by atoms with E-state index in [0.717, 1.165) is 5.56 Å². The van der Waals surface area contributed by atoms with Gasteiger partial charge in [0.25, 0.3) is 0 Å². The molecule has 5 heteroatoms. The Kier molecular flexibility index (Phi) is 4.89. The molecule has 2 aromatic carbocycles. The summed E-state index contributed by atoms with van der Waals surface area (Å²) in [5, 5.41) is 11.8. The molecule has 0 fully saturated rings. The minimum Gasteiger partial charge on any atom is -0.493 e. The van der Waals surface area contributed by atoms with Gasteiger partial charge in [0.1, 0.15) is 6.61 Å². The molecule has 0 spiro atoms. The van der Waals surface area contributed by atoms with Gasteiger partial charge in [-0.2, -0.15) is 5.26 Å². The summed E-state index contributed by atoms with van der Waals surface area (Å²) in [6.07, 6.45) is 0. The van der Waals surface area contributed by atoms with Gasteiger partial charge in [0.05, 0.1) is 13.2 Å². The Morgan fingerprint density at radius 1 is 1.14 bits per heavy atom. The summed E-state index contributed by atoms with van der Waals surface area (Å²) in [6.45, 7) is 0.226. The summed E-state index contributed by atoms with van der Waals surface area (Å²) >= 11 is 0. The van der Waals surface area contributed by atoms with Gasteiger partial charge >= 0.3 is 0 Å². The maximum atomic E-state index is 10.7. The van der Waals surface area contributed by atoms with E-state index in [1.54, 1.807) is 37.4 Å². The van der Waals surface area contributed by atoms with Gasteiger partial charge in [0.15, 0.2) is 11.5 Å². The molecule has 0 aliphatic rings. The highest BCUT2D eigenvalue weighted by Gasteiger charge is 2.15. The molecule has 21 heavy (non-hydrogen) atoms. The molecule has 0 aliphatic heterocycles.